The highest BCUT2D eigenvalue weighted by atomic mass is 15.1. The van der Waals surface area contributed by atoms with Gasteiger partial charge < -0.3 is 16.5 Å². The molecule has 0 unspecified atom stereocenters. The number of nitrogens with zero attached hydrogens (tertiary/aromatic N) is 2. The molecule has 0 saturated carbocycles. The van der Waals surface area contributed by atoms with E-state index in [2.05, 4.69) is 21.9 Å². The maximum atomic E-state index is 5.78. The van der Waals surface area contributed by atoms with E-state index < -0.39 is 0 Å². The van der Waals surface area contributed by atoms with Gasteiger partial charge in [0.05, 0.1) is 5.39 Å². The molecule has 5 N–H and O–H groups in total. The lowest BCUT2D eigenvalue weighted by Gasteiger charge is -1.99. The number of nitrogens with one attached hydrogen (secondary N) is 1. The number of anilines is 2. The van der Waals surface area contributed by atoms with Gasteiger partial charge in [-0.25, -0.2) is 0 Å². The van der Waals surface area contributed by atoms with E-state index in [9.17, 15) is 0 Å². The minimum atomic E-state index is 0.208. The molecule has 2 aromatic heterocycles. The molecule has 0 atom stereocenters. The largest absolute Gasteiger partial charge is 0.383 e. The third-order valence-corrected chi connectivity index (χ3v) is 2.18. The van der Waals surface area contributed by atoms with Gasteiger partial charge in [-0.2, -0.15) is 9.97 Å². The van der Waals surface area contributed by atoms with Crippen LogP contribution in [0.2, 0.25) is 0 Å². The van der Waals surface area contributed by atoms with Crippen molar-refractivity contribution in [3.05, 3.63) is 11.8 Å². The second-order valence-corrected chi connectivity index (χ2v) is 3.25. The van der Waals surface area contributed by atoms with Gasteiger partial charge in [0.15, 0.2) is 0 Å². The molecule has 0 aliphatic carbocycles. The van der Waals surface area contributed by atoms with E-state index in [4.69, 9.17) is 11.5 Å². The molecule has 5 heteroatoms. The Morgan fingerprint density at radius 2 is 2.14 bits per heavy atom. The molecule has 0 saturated heterocycles. The first-order valence-corrected chi connectivity index (χ1v) is 4.61. The maximum Gasteiger partial charge on any atom is 0.223 e. The van der Waals surface area contributed by atoms with Gasteiger partial charge in [-0.3, -0.25) is 0 Å². The van der Waals surface area contributed by atoms with Crippen LogP contribution in [0.15, 0.2) is 6.20 Å². The van der Waals surface area contributed by atoms with Crippen molar-refractivity contribution >= 4 is 22.8 Å². The monoisotopic (exact) mass is 191 g/mol. The van der Waals surface area contributed by atoms with Crippen LogP contribution in [0.3, 0.4) is 0 Å². The van der Waals surface area contributed by atoms with Gasteiger partial charge in [0.1, 0.15) is 11.5 Å². The minimum absolute atomic E-state index is 0.208. The van der Waals surface area contributed by atoms with Crippen LogP contribution in [0, 0.1) is 0 Å². The van der Waals surface area contributed by atoms with Crippen LogP contribution in [0.5, 0.6) is 0 Å². The van der Waals surface area contributed by atoms with E-state index in [1.807, 2.05) is 6.20 Å². The molecule has 0 aliphatic rings. The van der Waals surface area contributed by atoms with Crippen molar-refractivity contribution in [3.8, 4) is 0 Å². The molecule has 5 nitrogen and oxygen atoms in total. The molecule has 0 spiro atoms. The molecule has 2 rings (SSSR count). The van der Waals surface area contributed by atoms with Crippen molar-refractivity contribution in [2.45, 2.75) is 19.8 Å². The Labute approximate surface area is 81.5 Å². The Morgan fingerprint density at radius 3 is 2.86 bits per heavy atom. The predicted molar refractivity (Wildman–Crippen MR) is 56.7 cm³/mol. The third-order valence-electron chi connectivity index (χ3n) is 2.18. The number of nitrogen functional groups attached to an aromatic ring is 2. The fourth-order valence-corrected chi connectivity index (χ4v) is 1.61. The summed E-state index contributed by atoms with van der Waals surface area (Å²) < 4.78 is 0. The quantitative estimate of drug-likeness (QED) is 0.662. The number of fused-ring (bicyclic) bond motifs is 1. The average molecular weight is 191 g/mol. The molecule has 0 aromatic carbocycles. The summed E-state index contributed by atoms with van der Waals surface area (Å²) in [5.41, 5.74) is 13.1. The Bertz CT molecular complexity index is 459. The lowest BCUT2D eigenvalue weighted by atomic mass is 10.1. The third kappa shape index (κ3) is 1.26. The van der Waals surface area contributed by atoms with E-state index in [1.54, 1.807) is 0 Å². The first kappa shape index (κ1) is 8.80. The van der Waals surface area contributed by atoms with Crippen molar-refractivity contribution in [2.24, 2.45) is 0 Å². The number of hydrogen-bond acceptors (Lipinski definition) is 4. The lowest BCUT2D eigenvalue weighted by Crippen LogP contribution is -2.00. The summed E-state index contributed by atoms with van der Waals surface area (Å²) in [6, 6.07) is 0. The molecule has 0 amide bonds. The topological polar surface area (TPSA) is 93.6 Å². The second-order valence-electron chi connectivity index (χ2n) is 3.25. The molecule has 14 heavy (non-hydrogen) atoms. The summed E-state index contributed by atoms with van der Waals surface area (Å²) in [6.07, 6.45) is 3.95. The highest BCUT2D eigenvalue weighted by Gasteiger charge is 2.09. The van der Waals surface area contributed by atoms with Crippen LogP contribution in [-0.4, -0.2) is 15.0 Å². The normalized spacial score (nSPS) is 10.9. The Hall–Kier alpha value is -1.78. The van der Waals surface area contributed by atoms with Crippen LogP contribution in [0.25, 0.3) is 11.0 Å². The van der Waals surface area contributed by atoms with Crippen LogP contribution in [-0.2, 0) is 6.42 Å². The average Bonchev–Trinajstić information content (AvgIpc) is 2.49. The molecular weight excluding hydrogens is 178 g/mol. The number of aryl methyl sites for hydroxylation is 1. The van der Waals surface area contributed by atoms with E-state index in [1.165, 1.54) is 0 Å². The highest BCUT2D eigenvalue weighted by Crippen LogP contribution is 2.23. The number of aromatic nitrogens is 3. The van der Waals surface area contributed by atoms with Gasteiger partial charge in [-0.15, -0.1) is 0 Å². The summed E-state index contributed by atoms with van der Waals surface area (Å²) in [7, 11) is 0. The maximum absolute atomic E-state index is 5.78. The van der Waals surface area contributed by atoms with Crippen LogP contribution in [0.1, 0.15) is 18.9 Å². The minimum Gasteiger partial charge on any atom is -0.383 e. The first-order valence-electron chi connectivity index (χ1n) is 4.61. The van der Waals surface area contributed by atoms with Crippen molar-refractivity contribution in [1.29, 1.82) is 0 Å². The zero-order valence-electron chi connectivity index (χ0n) is 8.04. The van der Waals surface area contributed by atoms with Gasteiger partial charge in [0.2, 0.25) is 5.95 Å². The number of rotatable bonds is 2. The fraction of sp³-hybridized carbons (Fsp3) is 0.333. The summed E-state index contributed by atoms with van der Waals surface area (Å²) >= 11 is 0. The zero-order chi connectivity index (χ0) is 10.1. The van der Waals surface area contributed by atoms with Crippen molar-refractivity contribution in [1.82, 2.24) is 15.0 Å². The summed E-state index contributed by atoms with van der Waals surface area (Å²) in [5.74, 6) is 0.664. The van der Waals surface area contributed by atoms with Crippen LogP contribution >= 0.6 is 0 Å². The van der Waals surface area contributed by atoms with Gasteiger partial charge in [-0.05, 0) is 12.0 Å². The summed E-state index contributed by atoms with van der Waals surface area (Å²) in [4.78, 5) is 11.1. The first-order chi connectivity index (χ1) is 6.72. The summed E-state index contributed by atoms with van der Waals surface area (Å²) in [6.45, 7) is 2.12. The smallest absolute Gasteiger partial charge is 0.223 e. The Balaban J connectivity index is 2.66. The van der Waals surface area contributed by atoms with Crippen molar-refractivity contribution < 1.29 is 0 Å². The number of nitrogens with two attached hydrogens (primary N) is 2. The van der Waals surface area contributed by atoms with Gasteiger partial charge in [0.25, 0.3) is 0 Å². The number of hydrogen-bond donors (Lipinski definition) is 3. The molecule has 74 valence electrons. The van der Waals surface area contributed by atoms with Gasteiger partial charge in [0, 0.05) is 6.20 Å². The summed E-state index contributed by atoms with van der Waals surface area (Å²) in [5, 5.41) is 0.904. The number of aromatic amines is 1. The van der Waals surface area contributed by atoms with E-state index in [0.717, 1.165) is 29.4 Å². The molecule has 0 aliphatic heterocycles. The standard InChI is InChI=1S/C9H13N5/c1-2-3-5-4-12-8-6(5)7(10)13-9(11)14-8/h4H,2-3H2,1H3,(H5,10,11,12,13,14). The Kier molecular flexibility index (Phi) is 1.99. The van der Waals surface area contributed by atoms with Crippen molar-refractivity contribution in [3.63, 3.8) is 0 Å². The SMILES string of the molecule is CCCc1c[nH]c2nc(N)nc(N)c12. The molecular formula is C9H13N5. The molecule has 0 fully saturated rings. The predicted octanol–water partition coefficient (Wildman–Crippen LogP) is 1.07. The second kappa shape index (κ2) is 3.17. The van der Waals surface area contributed by atoms with E-state index >= 15 is 0 Å². The van der Waals surface area contributed by atoms with Gasteiger partial charge in [-0.1, -0.05) is 13.3 Å². The fourth-order valence-electron chi connectivity index (χ4n) is 1.61. The van der Waals surface area contributed by atoms with Crippen LogP contribution < -0.4 is 11.5 Å². The van der Waals surface area contributed by atoms with E-state index in [0.29, 0.717) is 5.82 Å². The molecule has 2 aromatic rings. The molecule has 2 heterocycles. The number of H-pyrrole nitrogens is 1. The van der Waals surface area contributed by atoms with Crippen LogP contribution in [0.4, 0.5) is 11.8 Å². The Morgan fingerprint density at radius 1 is 1.36 bits per heavy atom. The van der Waals surface area contributed by atoms with Crippen molar-refractivity contribution in [2.75, 3.05) is 11.5 Å². The molecule has 0 radical (unpaired) electrons. The molecule has 0 bridgehead atoms. The zero-order valence-corrected chi connectivity index (χ0v) is 8.04. The highest BCUT2D eigenvalue weighted by molar-refractivity contribution is 5.90. The lowest BCUT2D eigenvalue weighted by molar-refractivity contribution is 0.929. The van der Waals surface area contributed by atoms with Gasteiger partial charge >= 0.3 is 0 Å². The van der Waals surface area contributed by atoms with E-state index in [-0.39, 0.29) is 5.95 Å².